The molecule has 0 amide bonds. The van der Waals surface area contributed by atoms with E-state index in [2.05, 4.69) is 41.5 Å². The van der Waals surface area contributed by atoms with Gasteiger partial charge < -0.3 is 10.2 Å². The maximum Gasteiger partial charge on any atom is 0.00885 e. The van der Waals surface area contributed by atoms with E-state index < -0.39 is 0 Å². The Bertz CT molecular complexity index is 359. The third-order valence-corrected chi connectivity index (χ3v) is 4.38. The molecular weight excluding hydrogens is 208 g/mol. The summed E-state index contributed by atoms with van der Waals surface area (Å²) in [7, 11) is 2.23. The second kappa shape index (κ2) is 4.79. The number of nitrogens with one attached hydrogen (secondary N) is 1. The number of rotatable bonds is 2. The molecule has 2 aliphatic rings. The van der Waals surface area contributed by atoms with Crippen LogP contribution in [0.4, 0.5) is 0 Å². The quantitative estimate of drug-likeness (QED) is 0.838. The lowest BCUT2D eigenvalue weighted by Gasteiger charge is -2.30. The fourth-order valence-corrected chi connectivity index (χ4v) is 2.91. The van der Waals surface area contributed by atoms with Crippen molar-refractivity contribution < 1.29 is 0 Å². The van der Waals surface area contributed by atoms with Gasteiger partial charge in [-0.2, -0.15) is 0 Å². The molecule has 2 nitrogen and oxygen atoms in total. The largest absolute Gasteiger partial charge is 0.315 e. The van der Waals surface area contributed by atoms with Crippen LogP contribution in [0, 0.1) is 0 Å². The van der Waals surface area contributed by atoms with Crippen LogP contribution in [0.1, 0.15) is 35.8 Å². The average Bonchev–Trinajstić information content (AvgIpc) is 2.29. The summed E-state index contributed by atoms with van der Waals surface area (Å²) >= 11 is 0. The Kier molecular flexibility index (Phi) is 3.17. The molecular formula is C15H22N2. The zero-order chi connectivity index (χ0) is 11.7. The summed E-state index contributed by atoms with van der Waals surface area (Å²) in [6, 6.07) is 9.42. The minimum absolute atomic E-state index is 0.765. The van der Waals surface area contributed by atoms with Crippen molar-refractivity contribution in [2.45, 2.75) is 24.7 Å². The zero-order valence-corrected chi connectivity index (χ0v) is 10.7. The van der Waals surface area contributed by atoms with E-state index in [1.54, 1.807) is 5.56 Å². The molecule has 1 aromatic carbocycles. The summed E-state index contributed by atoms with van der Waals surface area (Å²) in [6.45, 7) is 4.82. The van der Waals surface area contributed by atoms with Gasteiger partial charge in [0.2, 0.25) is 0 Å². The summed E-state index contributed by atoms with van der Waals surface area (Å²) < 4.78 is 0. The predicted molar refractivity (Wildman–Crippen MR) is 71.5 cm³/mol. The van der Waals surface area contributed by atoms with E-state index >= 15 is 0 Å². The summed E-state index contributed by atoms with van der Waals surface area (Å²) in [5.41, 5.74) is 3.06. The van der Waals surface area contributed by atoms with Gasteiger partial charge in [-0.05, 0) is 50.0 Å². The average molecular weight is 230 g/mol. The molecule has 2 saturated heterocycles. The minimum atomic E-state index is 0.765. The summed E-state index contributed by atoms with van der Waals surface area (Å²) in [4.78, 5) is 2.44. The van der Waals surface area contributed by atoms with Crippen LogP contribution in [-0.4, -0.2) is 38.1 Å². The van der Waals surface area contributed by atoms with Gasteiger partial charge in [0, 0.05) is 19.0 Å². The highest BCUT2D eigenvalue weighted by Gasteiger charge is 2.21. The lowest BCUT2D eigenvalue weighted by Crippen LogP contribution is -2.39. The van der Waals surface area contributed by atoms with Crippen LogP contribution in [0.5, 0.6) is 0 Å². The molecule has 17 heavy (non-hydrogen) atoms. The van der Waals surface area contributed by atoms with Crippen molar-refractivity contribution in [2.24, 2.45) is 0 Å². The van der Waals surface area contributed by atoms with Crippen molar-refractivity contribution in [3.63, 3.8) is 0 Å². The highest BCUT2D eigenvalue weighted by atomic mass is 15.1. The smallest absolute Gasteiger partial charge is 0.00885 e. The Morgan fingerprint density at radius 2 is 1.47 bits per heavy atom. The normalized spacial score (nSPS) is 23.6. The first-order chi connectivity index (χ1) is 8.33. The minimum Gasteiger partial charge on any atom is -0.315 e. The van der Waals surface area contributed by atoms with E-state index in [1.165, 1.54) is 31.5 Å². The molecule has 3 rings (SSSR count). The van der Waals surface area contributed by atoms with Crippen LogP contribution in [0.3, 0.4) is 0 Å². The van der Waals surface area contributed by atoms with Gasteiger partial charge in [0.1, 0.15) is 0 Å². The molecule has 0 radical (unpaired) electrons. The van der Waals surface area contributed by atoms with E-state index in [0.29, 0.717) is 0 Å². The molecule has 0 aliphatic carbocycles. The molecule has 2 heterocycles. The third-order valence-electron chi connectivity index (χ3n) is 4.38. The number of nitrogens with zero attached hydrogens (tertiary/aromatic N) is 1. The van der Waals surface area contributed by atoms with Gasteiger partial charge in [0.25, 0.3) is 0 Å². The maximum absolute atomic E-state index is 3.34. The van der Waals surface area contributed by atoms with Crippen molar-refractivity contribution in [2.75, 3.05) is 33.2 Å². The standard InChI is InChI=1S/C15H22N2/c1-17-8-6-14(7-9-17)12-2-4-13(5-3-12)15-10-16-11-15/h2-5,14-16H,6-11H2,1H3. The van der Waals surface area contributed by atoms with Gasteiger partial charge in [0.05, 0.1) is 0 Å². The number of hydrogen-bond acceptors (Lipinski definition) is 2. The van der Waals surface area contributed by atoms with Crippen LogP contribution < -0.4 is 5.32 Å². The lowest BCUT2D eigenvalue weighted by atomic mass is 9.87. The Morgan fingerprint density at radius 1 is 0.941 bits per heavy atom. The third kappa shape index (κ3) is 2.38. The molecule has 1 N–H and O–H groups in total. The molecule has 0 bridgehead atoms. The highest BCUT2D eigenvalue weighted by molar-refractivity contribution is 5.29. The lowest BCUT2D eigenvalue weighted by molar-refractivity contribution is 0.255. The first kappa shape index (κ1) is 11.2. The van der Waals surface area contributed by atoms with Crippen molar-refractivity contribution in [1.29, 1.82) is 0 Å². The Balaban J connectivity index is 1.67. The summed E-state index contributed by atoms with van der Waals surface area (Å²) in [5, 5.41) is 3.34. The molecule has 92 valence electrons. The van der Waals surface area contributed by atoms with E-state index in [0.717, 1.165) is 24.9 Å². The van der Waals surface area contributed by atoms with Crippen molar-refractivity contribution in [1.82, 2.24) is 10.2 Å². The monoisotopic (exact) mass is 230 g/mol. The van der Waals surface area contributed by atoms with Crippen molar-refractivity contribution in [3.8, 4) is 0 Å². The van der Waals surface area contributed by atoms with Crippen molar-refractivity contribution >= 4 is 0 Å². The first-order valence-electron chi connectivity index (χ1n) is 6.82. The molecule has 0 aromatic heterocycles. The van der Waals surface area contributed by atoms with Crippen LogP contribution in [0.25, 0.3) is 0 Å². The molecule has 0 atom stereocenters. The second-order valence-corrected chi connectivity index (χ2v) is 5.60. The number of hydrogen-bond donors (Lipinski definition) is 1. The topological polar surface area (TPSA) is 15.3 Å². The van der Waals surface area contributed by atoms with Gasteiger partial charge >= 0.3 is 0 Å². The molecule has 2 fully saturated rings. The van der Waals surface area contributed by atoms with Crippen molar-refractivity contribution in [3.05, 3.63) is 35.4 Å². The summed E-state index contributed by atoms with van der Waals surface area (Å²) in [6.07, 6.45) is 2.64. The Morgan fingerprint density at radius 3 is 1.94 bits per heavy atom. The zero-order valence-electron chi connectivity index (χ0n) is 10.7. The molecule has 2 aliphatic heterocycles. The second-order valence-electron chi connectivity index (χ2n) is 5.60. The highest BCUT2D eigenvalue weighted by Crippen LogP contribution is 2.29. The fraction of sp³-hybridized carbons (Fsp3) is 0.600. The van der Waals surface area contributed by atoms with Crippen LogP contribution >= 0.6 is 0 Å². The fourth-order valence-electron chi connectivity index (χ4n) is 2.91. The molecule has 0 spiro atoms. The van der Waals surface area contributed by atoms with E-state index in [4.69, 9.17) is 0 Å². The van der Waals surface area contributed by atoms with Crippen LogP contribution in [-0.2, 0) is 0 Å². The van der Waals surface area contributed by atoms with Gasteiger partial charge in [-0.1, -0.05) is 24.3 Å². The van der Waals surface area contributed by atoms with Gasteiger partial charge in [0.15, 0.2) is 0 Å². The van der Waals surface area contributed by atoms with E-state index in [-0.39, 0.29) is 0 Å². The van der Waals surface area contributed by atoms with E-state index in [1.807, 2.05) is 0 Å². The molecule has 2 heteroatoms. The molecule has 1 aromatic rings. The first-order valence-corrected chi connectivity index (χ1v) is 6.82. The van der Waals surface area contributed by atoms with Gasteiger partial charge in [-0.15, -0.1) is 0 Å². The maximum atomic E-state index is 3.34. The van der Waals surface area contributed by atoms with Gasteiger partial charge in [-0.25, -0.2) is 0 Å². The SMILES string of the molecule is CN1CCC(c2ccc(C3CNC3)cc2)CC1. The summed E-state index contributed by atoms with van der Waals surface area (Å²) in [5.74, 6) is 1.56. The molecule has 0 unspecified atom stereocenters. The Hall–Kier alpha value is -0.860. The van der Waals surface area contributed by atoms with Crippen LogP contribution in [0.2, 0.25) is 0 Å². The van der Waals surface area contributed by atoms with Crippen LogP contribution in [0.15, 0.2) is 24.3 Å². The number of piperidine rings is 1. The van der Waals surface area contributed by atoms with E-state index in [9.17, 15) is 0 Å². The van der Waals surface area contributed by atoms with Gasteiger partial charge in [-0.3, -0.25) is 0 Å². The molecule has 0 saturated carbocycles. The predicted octanol–water partition coefficient (Wildman–Crippen LogP) is 2.18. The number of benzene rings is 1. The number of likely N-dealkylation sites (tertiary alicyclic amines) is 1. The Labute approximate surface area is 104 Å².